The van der Waals surface area contributed by atoms with E-state index in [-0.39, 0.29) is 13.0 Å². The van der Waals surface area contributed by atoms with Crippen molar-refractivity contribution in [2.75, 3.05) is 0 Å². The van der Waals surface area contributed by atoms with E-state index < -0.39 is 17.7 Å². The van der Waals surface area contributed by atoms with Gasteiger partial charge in [0.15, 0.2) is 0 Å². The molecule has 31 heavy (non-hydrogen) atoms. The summed E-state index contributed by atoms with van der Waals surface area (Å²) in [5, 5.41) is 10.4. The highest BCUT2D eigenvalue weighted by molar-refractivity contribution is 7.15. The predicted molar refractivity (Wildman–Crippen MR) is 109 cm³/mol. The SMILES string of the molecule is Cc1nc(-c2ccc(C(F)(F)F)cc2)sc1COc1cc(CC(=O)O)cc2occc12. The van der Waals surface area contributed by atoms with Crippen LogP contribution in [0.4, 0.5) is 13.2 Å². The van der Waals surface area contributed by atoms with Crippen LogP contribution in [0.5, 0.6) is 5.75 Å². The van der Waals surface area contributed by atoms with E-state index in [2.05, 4.69) is 4.98 Å². The molecule has 0 aliphatic carbocycles. The Morgan fingerprint density at radius 1 is 1.19 bits per heavy atom. The molecule has 0 aliphatic rings. The smallest absolute Gasteiger partial charge is 0.416 e. The fraction of sp³-hybridized carbons (Fsp3) is 0.182. The van der Waals surface area contributed by atoms with Gasteiger partial charge in [-0.25, -0.2) is 4.98 Å². The maximum atomic E-state index is 12.8. The first-order valence-electron chi connectivity index (χ1n) is 9.19. The quantitative estimate of drug-likeness (QED) is 0.387. The van der Waals surface area contributed by atoms with Crippen molar-refractivity contribution in [2.24, 2.45) is 0 Å². The van der Waals surface area contributed by atoms with E-state index in [1.165, 1.54) is 29.7 Å². The van der Waals surface area contributed by atoms with Gasteiger partial charge in [0.25, 0.3) is 0 Å². The Bertz CT molecular complexity index is 1240. The largest absolute Gasteiger partial charge is 0.487 e. The number of furan rings is 1. The van der Waals surface area contributed by atoms with Crippen LogP contribution in [0.2, 0.25) is 0 Å². The lowest BCUT2D eigenvalue weighted by Gasteiger charge is -2.08. The van der Waals surface area contributed by atoms with E-state index in [0.29, 0.717) is 33.2 Å². The normalized spacial score (nSPS) is 11.7. The Morgan fingerprint density at radius 2 is 1.94 bits per heavy atom. The second-order valence-electron chi connectivity index (χ2n) is 6.89. The molecule has 9 heteroatoms. The van der Waals surface area contributed by atoms with Crippen molar-refractivity contribution in [1.29, 1.82) is 0 Å². The lowest BCUT2D eigenvalue weighted by Crippen LogP contribution is -2.03. The molecule has 0 radical (unpaired) electrons. The molecule has 0 spiro atoms. The zero-order valence-corrected chi connectivity index (χ0v) is 17.0. The van der Waals surface area contributed by atoms with E-state index in [0.717, 1.165) is 22.4 Å². The maximum absolute atomic E-state index is 12.8. The van der Waals surface area contributed by atoms with Crippen LogP contribution in [0.1, 0.15) is 21.7 Å². The number of carbonyl (C=O) groups is 1. The van der Waals surface area contributed by atoms with Gasteiger partial charge in [-0.1, -0.05) is 12.1 Å². The maximum Gasteiger partial charge on any atom is 0.416 e. The number of hydrogen-bond donors (Lipinski definition) is 1. The van der Waals surface area contributed by atoms with Gasteiger partial charge in [-0.3, -0.25) is 4.79 Å². The van der Waals surface area contributed by atoms with E-state index in [9.17, 15) is 18.0 Å². The molecule has 4 aromatic rings. The molecule has 2 heterocycles. The third kappa shape index (κ3) is 4.56. The molecule has 0 aliphatic heterocycles. The molecular weight excluding hydrogens is 431 g/mol. The Balaban J connectivity index is 1.56. The van der Waals surface area contributed by atoms with E-state index in [1.807, 2.05) is 0 Å². The molecule has 5 nitrogen and oxygen atoms in total. The number of alkyl halides is 3. The molecule has 2 aromatic heterocycles. The predicted octanol–water partition coefficient (Wildman–Crippen LogP) is 6.09. The first kappa shape index (κ1) is 20.9. The van der Waals surface area contributed by atoms with Gasteiger partial charge in [0.05, 0.1) is 34.2 Å². The first-order chi connectivity index (χ1) is 14.7. The van der Waals surface area contributed by atoms with Crippen molar-refractivity contribution in [3.8, 4) is 16.3 Å². The summed E-state index contributed by atoms with van der Waals surface area (Å²) < 4.78 is 49.6. The van der Waals surface area contributed by atoms with Crippen molar-refractivity contribution >= 4 is 28.3 Å². The number of rotatable bonds is 6. The molecule has 4 rings (SSSR count). The number of thiazole rings is 1. The van der Waals surface area contributed by atoms with Crippen LogP contribution >= 0.6 is 11.3 Å². The summed E-state index contributed by atoms with van der Waals surface area (Å²) >= 11 is 1.33. The fourth-order valence-electron chi connectivity index (χ4n) is 3.12. The number of nitrogens with zero attached hydrogens (tertiary/aromatic N) is 1. The Morgan fingerprint density at radius 3 is 2.61 bits per heavy atom. The summed E-state index contributed by atoms with van der Waals surface area (Å²) in [6.45, 7) is 1.98. The van der Waals surface area contributed by atoms with E-state index in [4.69, 9.17) is 14.3 Å². The number of carboxylic acids is 1. The van der Waals surface area contributed by atoms with Crippen molar-refractivity contribution in [1.82, 2.24) is 4.98 Å². The molecule has 0 bridgehead atoms. The molecule has 0 atom stereocenters. The molecule has 0 saturated carbocycles. The van der Waals surface area contributed by atoms with E-state index in [1.54, 1.807) is 25.1 Å². The zero-order chi connectivity index (χ0) is 22.2. The minimum Gasteiger partial charge on any atom is -0.487 e. The Hall–Kier alpha value is -3.33. The monoisotopic (exact) mass is 447 g/mol. The molecular formula is C22H16F3NO4S. The fourth-order valence-corrected chi connectivity index (χ4v) is 4.10. The summed E-state index contributed by atoms with van der Waals surface area (Å²) in [6.07, 6.45) is -3.04. The molecule has 2 aromatic carbocycles. The molecule has 0 amide bonds. The van der Waals surface area contributed by atoms with Crippen molar-refractivity contribution in [3.05, 3.63) is 70.4 Å². The summed E-state index contributed by atoms with van der Waals surface area (Å²) in [6, 6.07) is 9.93. The zero-order valence-electron chi connectivity index (χ0n) is 16.2. The molecule has 1 N–H and O–H groups in total. The number of ether oxygens (including phenoxy) is 1. The minimum atomic E-state index is -4.38. The van der Waals surface area contributed by atoms with Crippen molar-refractivity contribution in [2.45, 2.75) is 26.1 Å². The average molecular weight is 447 g/mol. The lowest BCUT2D eigenvalue weighted by atomic mass is 10.1. The molecule has 0 unspecified atom stereocenters. The number of aliphatic carboxylic acids is 1. The van der Waals surface area contributed by atoms with Crippen LogP contribution in [0.25, 0.3) is 21.5 Å². The number of aromatic nitrogens is 1. The average Bonchev–Trinajstić information content (AvgIpc) is 3.31. The molecule has 0 fully saturated rings. The molecule has 160 valence electrons. The number of hydrogen-bond acceptors (Lipinski definition) is 5. The number of benzene rings is 2. The first-order valence-corrected chi connectivity index (χ1v) is 10.0. The van der Waals surface area contributed by atoms with Crippen LogP contribution in [-0.2, 0) is 24.0 Å². The number of aryl methyl sites for hydroxylation is 1. The van der Waals surface area contributed by atoms with Gasteiger partial charge in [-0.15, -0.1) is 11.3 Å². The third-order valence-electron chi connectivity index (χ3n) is 4.66. The molecule has 0 saturated heterocycles. The number of fused-ring (bicyclic) bond motifs is 1. The van der Waals surface area contributed by atoms with Gasteiger partial charge in [-0.2, -0.15) is 13.2 Å². The standard InChI is InChI=1S/C22H16F3NO4S/c1-12-19(31-21(26-12)14-2-4-15(5-3-14)22(23,24)25)11-30-18-9-13(10-20(27)28)8-17-16(18)6-7-29-17/h2-9H,10-11H2,1H3,(H,27,28). The Kier molecular flexibility index (Phi) is 5.45. The van der Waals surface area contributed by atoms with Crippen LogP contribution in [-0.4, -0.2) is 16.1 Å². The second-order valence-corrected chi connectivity index (χ2v) is 7.97. The highest BCUT2D eigenvalue weighted by Crippen LogP contribution is 2.34. The highest BCUT2D eigenvalue weighted by Gasteiger charge is 2.30. The van der Waals surface area contributed by atoms with Gasteiger partial charge < -0.3 is 14.3 Å². The van der Waals surface area contributed by atoms with Gasteiger partial charge in [-0.05, 0) is 42.8 Å². The summed E-state index contributed by atoms with van der Waals surface area (Å²) in [4.78, 5) is 16.3. The van der Waals surface area contributed by atoms with Crippen LogP contribution < -0.4 is 4.74 Å². The lowest BCUT2D eigenvalue weighted by molar-refractivity contribution is -0.138. The van der Waals surface area contributed by atoms with Gasteiger partial charge >= 0.3 is 12.1 Å². The van der Waals surface area contributed by atoms with Gasteiger partial charge in [0.2, 0.25) is 0 Å². The Labute approximate surface area is 178 Å². The summed E-state index contributed by atoms with van der Waals surface area (Å²) in [5.74, 6) is -0.470. The summed E-state index contributed by atoms with van der Waals surface area (Å²) in [5.41, 5.74) is 1.67. The van der Waals surface area contributed by atoms with E-state index >= 15 is 0 Å². The van der Waals surface area contributed by atoms with Crippen molar-refractivity contribution in [3.63, 3.8) is 0 Å². The highest BCUT2D eigenvalue weighted by atomic mass is 32.1. The van der Waals surface area contributed by atoms with Gasteiger partial charge in [0, 0.05) is 5.56 Å². The van der Waals surface area contributed by atoms with Gasteiger partial charge in [0.1, 0.15) is 22.9 Å². The number of halogens is 3. The van der Waals surface area contributed by atoms with Crippen molar-refractivity contribution < 1.29 is 32.2 Å². The topological polar surface area (TPSA) is 72.6 Å². The minimum absolute atomic E-state index is 0.162. The number of carboxylic acid groups (broad SMARTS) is 1. The third-order valence-corrected chi connectivity index (χ3v) is 5.84. The second kappa shape index (κ2) is 8.07. The van der Waals surface area contributed by atoms with Crippen LogP contribution in [0, 0.1) is 6.92 Å². The summed E-state index contributed by atoms with van der Waals surface area (Å²) in [7, 11) is 0. The van der Waals surface area contributed by atoms with Crippen LogP contribution in [0.3, 0.4) is 0 Å². The van der Waals surface area contributed by atoms with Crippen LogP contribution in [0.15, 0.2) is 53.1 Å².